The fraction of sp³-hybridized carbons (Fsp3) is 0.389. The van der Waals surface area contributed by atoms with E-state index in [1.165, 1.54) is 0 Å². The maximum absolute atomic E-state index is 12.7. The lowest BCUT2D eigenvalue weighted by Gasteiger charge is -2.17. The Morgan fingerprint density at radius 3 is 2.72 bits per heavy atom. The Morgan fingerprint density at radius 2 is 1.96 bits per heavy atom. The molecule has 0 bridgehead atoms. The smallest absolute Gasteiger partial charge is 0.291 e. The second-order valence-corrected chi connectivity index (χ2v) is 6.93. The van der Waals surface area contributed by atoms with E-state index in [1.807, 2.05) is 4.57 Å². The molecule has 2 aromatic rings. The molecule has 1 aliphatic carbocycles. The Morgan fingerprint density at radius 1 is 1.16 bits per heavy atom. The third-order valence-corrected chi connectivity index (χ3v) is 4.90. The number of para-hydroxylation sites is 1. The number of carbonyl (C=O) groups is 2. The monoisotopic (exact) mass is 358 g/mol. The van der Waals surface area contributed by atoms with Crippen molar-refractivity contribution < 1.29 is 9.59 Å². The Kier molecular flexibility index (Phi) is 4.21. The zero-order valence-corrected chi connectivity index (χ0v) is 14.5. The fourth-order valence-electron chi connectivity index (χ4n) is 3.12. The molecule has 7 heteroatoms. The summed E-state index contributed by atoms with van der Waals surface area (Å²) in [6, 6.07) is 7.31. The van der Waals surface area contributed by atoms with E-state index in [0.29, 0.717) is 22.9 Å². The number of nitrogens with zero attached hydrogens (tertiary/aromatic N) is 2. The molecular weight excluding hydrogens is 340 g/mol. The molecule has 1 aromatic heterocycles. The number of rotatable bonds is 4. The Balaban J connectivity index is 1.64. The minimum atomic E-state index is -0.346. The van der Waals surface area contributed by atoms with Gasteiger partial charge in [0.15, 0.2) is 5.82 Å². The summed E-state index contributed by atoms with van der Waals surface area (Å²) in [5.41, 5.74) is 1.77. The van der Waals surface area contributed by atoms with Gasteiger partial charge in [-0.15, -0.1) is 0 Å². The van der Waals surface area contributed by atoms with Crippen LogP contribution >= 0.6 is 11.6 Å². The Bertz CT molecular complexity index is 842. The first-order valence-electron chi connectivity index (χ1n) is 8.59. The van der Waals surface area contributed by atoms with Crippen LogP contribution in [0.1, 0.15) is 52.5 Å². The summed E-state index contributed by atoms with van der Waals surface area (Å²) in [6.07, 6.45) is 4.77. The standard InChI is InChI=1S/C18H19ClN4O2/c19-12-5-1-2-6-13(12)21-18(25)16-22-15(17(24)20-11-8-9-11)14-7-3-4-10-23(14)16/h1-2,5-6,11H,3-4,7-10H2,(H,20,24)(H,21,25). The highest BCUT2D eigenvalue weighted by atomic mass is 35.5. The van der Waals surface area contributed by atoms with Gasteiger partial charge in [-0.2, -0.15) is 0 Å². The number of halogens is 1. The quantitative estimate of drug-likeness (QED) is 0.882. The molecule has 1 fully saturated rings. The highest BCUT2D eigenvalue weighted by Gasteiger charge is 2.30. The Hall–Kier alpha value is -2.34. The van der Waals surface area contributed by atoms with Crippen molar-refractivity contribution in [3.8, 4) is 0 Å². The molecule has 130 valence electrons. The number of anilines is 1. The van der Waals surface area contributed by atoms with Gasteiger partial charge in [0.2, 0.25) is 0 Å². The van der Waals surface area contributed by atoms with E-state index >= 15 is 0 Å². The molecule has 0 saturated heterocycles. The molecule has 25 heavy (non-hydrogen) atoms. The van der Waals surface area contributed by atoms with Gasteiger partial charge in [0.25, 0.3) is 11.8 Å². The number of imidazole rings is 1. The topological polar surface area (TPSA) is 76.0 Å². The number of hydrogen-bond donors (Lipinski definition) is 2. The molecule has 0 spiro atoms. The predicted octanol–water partition coefficient (Wildman–Crippen LogP) is 3.02. The normalized spacial score (nSPS) is 16.2. The number of amides is 2. The number of hydrogen-bond acceptors (Lipinski definition) is 3. The average Bonchev–Trinajstić information content (AvgIpc) is 3.33. The van der Waals surface area contributed by atoms with Crippen molar-refractivity contribution in [2.24, 2.45) is 0 Å². The van der Waals surface area contributed by atoms with Gasteiger partial charge >= 0.3 is 0 Å². The van der Waals surface area contributed by atoms with Crippen LogP contribution in [0.2, 0.25) is 5.02 Å². The summed E-state index contributed by atoms with van der Waals surface area (Å²) in [5, 5.41) is 6.23. The second kappa shape index (κ2) is 6.52. The van der Waals surface area contributed by atoms with Crippen LogP contribution in [0.3, 0.4) is 0 Å². The van der Waals surface area contributed by atoms with Gasteiger partial charge in [0.1, 0.15) is 5.69 Å². The van der Waals surface area contributed by atoms with Crippen LogP contribution in [-0.4, -0.2) is 27.4 Å². The number of carbonyl (C=O) groups excluding carboxylic acids is 2. The summed E-state index contributed by atoms with van der Waals surface area (Å²) in [5.74, 6) is -0.248. The summed E-state index contributed by atoms with van der Waals surface area (Å²) < 4.78 is 1.87. The van der Waals surface area contributed by atoms with Crippen molar-refractivity contribution in [2.45, 2.75) is 44.7 Å². The summed E-state index contributed by atoms with van der Waals surface area (Å²) in [4.78, 5) is 29.6. The summed E-state index contributed by atoms with van der Waals surface area (Å²) in [6.45, 7) is 0.699. The molecule has 1 aromatic carbocycles. The number of nitrogens with one attached hydrogen (secondary N) is 2. The van der Waals surface area contributed by atoms with Gasteiger partial charge in [-0.25, -0.2) is 4.98 Å². The lowest BCUT2D eigenvalue weighted by atomic mass is 10.1. The molecular formula is C18H19ClN4O2. The van der Waals surface area contributed by atoms with Gasteiger partial charge in [0.05, 0.1) is 16.4 Å². The predicted molar refractivity (Wildman–Crippen MR) is 95.1 cm³/mol. The first-order valence-corrected chi connectivity index (χ1v) is 8.97. The van der Waals surface area contributed by atoms with Crippen LogP contribution in [0.15, 0.2) is 24.3 Å². The Labute approximate surface area is 150 Å². The lowest BCUT2D eigenvalue weighted by molar-refractivity contribution is 0.0945. The molecule has 2 amide bonds. The van der Waals surface area contributed by atoms with E-state index in [2.05, 4.69) is 15.6 Å². The van der Waals surface area contributed by atoms with Crippen LogP contribution in [-0.2, 0) is 13.0 Å². The van der Waals surface area contributed by atoms with Gasteiger partial charge in [-0.3, -0.25) is 9.59 Å². The molecule has 4 rings (SSSR count). The number of fused-ring (bicyclic) bond motifs is 1. The molecule has 0 radical (unpaired) electrons. The summed E-state index contributed by atoms with van der Waals surface area (Å²) >= 11 is 6.11. The van der Waals surface area contributed by atoms with Crippen LogP contribution in [0, 0.1) is 0 Å². The first-order chi connectivity index (χ1) is 12.1. The van der Waals surface area contributed by atoms with Crippen LogP contribution < -0.4 is 10.6 Å². The SMILES string of the molecule is O=C(NC1CC1)c1nc(C(=O)Nc2ccccc2Cl)n2c1CCCC2. The molecule has 6 nitrogen and oxygen atoms in total. The molecule has 1 aliphatic heterocycles. The van der Waals surface area contributed by atoms with E-state index < -0.39 is 0 Å². The largest absolute Gasteiger partial charge is 0.348 e. The molecule has 0 unspecified atom stereocenters. The first kappa shape index (κ1) is 16.1. The fourth-order valence-corrected chi connectivity index (χ4v) is 3.30. The maximum Gasteiger partial charge on any atom is 0.291 e. The maximum atomic E-state index is 12.7. The van der Waals surface area contributed by atoms with Crippen molar-refractivity contribution in [1.29, 1.82) is 0 Å². The van der Waals surface area contributed by atoms with E-state index in [9.17, 15) is 9.59 Å². The van der Waals surface area contributed by atoms with Gasteiger partial charge < -0.3 is 15.2 Å². The van der Waals surface area contributed by atoms with E-state index in [1.54, 1.807) is 24.3 Å². The van der Waals surface area contributed by atoms with Crippen LogP contribution in [0.25, 0.3) is 0 Å². The van der Waals surface area contributed by atoms with Gasteiger partial charge in [0, 0.05) is 12.6 Å². The molecule has 2 N–H and O–H groups in total. The molecule has 2 aliphatic rings. The zero-order chi connectivity index (χ0) is 17.4. The molecule has 0 atom stereocenters. The van der Waals surface area contributed by atoms with Gasteiger partial charge in [-0.05, 0) is 44.2 Å². The van der Waals surface area contributed by atoms with Crippen molar-refractivity contribution in [1.82, 2.24) is 14.9 Å². The third kappa shape index (κ3) is 3.26. The van der Waals surface area contributed by atoms with Crippen LogP contribution in [0.5, 0.6) is 0 Å². The van der Waals surface area contributed by atoms with Crippen LogP contribution in [0.4, 0.5) is 5.69 Å². The second-order valence-electron chi connectivity index (χ2n) is 6.52. The molecule has 2 heterocycles. The lowest BCUT2D eigenvalue weighted by Crippen LogP contribution is -2.27. The van der Waals surface area contributed by atoms with E-state index in [4.69, 9.17) is 11.6 Å². The third-order valence-electron chi connectivity index (χ3n) is 4.57. The minimum Gasteiger partial charge on any atom is -0.348 e. The minimum absolute atomic E-state index is 0.176. The highest BCUT2D eigenvalue weighted by molar-refractivity contribution is 6.33. The van der Waals surface area contributed by atoms with E-state index in [0.717, 1.165) is 37.8 Å². The number of aromatic nitrogens is 2. The van der Waals surface area contributed by atoms with E-state index in [-0.39, 0.29) is 23.7 Å². The van der Waals surface area contributed by atoms with Crippen molar-refractivity contribution in [3.63, 3.8) is 0 Å². The average molecular weight is 359 g/mol. The van der Waals surface area contributed by atoms with Crippen molar-refractivity contribution in [3.05, 3.63) is 46.5 Å². The highest BCUT2D eigenvalue weighted by Crippen LogP contribution is 2.25. The zero-order valence-electron chi connectivity index (χ0n) is 13.7. The molecule has 1 saturated carbocycles. The van der Waals surface area contributed by atoms with Gasteiger partial charge in [-0.1, -0.05) is 23.7 Å². The van der Waals surface area contributed by atoms with Crippen molar-refractivity contribution in [2.75, 3.05) is 5.32 Å². The number of benzene rings is 1. The summed E-state index contributed by atoms with van der Waals surface area (Å²) in [7, 11) is 0. The van der Waals surface area contributed by atoms with Crippen molar-refractivity contribution >= 4 is 29.1 Å².